The molecule has 10 heteroatoms. The van der Waals surface area contributed by atoms with Gasteiger partial charge in [0.2, 0.25) is 5.95 Å². The van der Waals surface area contributed by atoms with Crippen molar-refractivity contribution in [3.8, 4) is 16.9 Å². The van der Waals surface area contributed by atoms with Crippen LogP contribution >= 0.6 is 0 Å². The van der Waals surface area contributed by atoms with Crippen molar-refractivity contribution < 1.29 is 9.13 Å². The van der Waals surface area contributed by atoms with Gasteiger partial charge in [-0.3, -0.25) is 4.40 Å². The lowest BCUT2D eigenvalue weighted by molar-refractivity contribution is 0.356. The first-order valence-electron chi connectivity index (χ1n) is 9.43. The zero-order valence-electron chi connectivity index (χ0n) is 15.7. The molecule has 1 aliphatic rings. The van der Waals surface area contributed by atoms with Crippen LogP contribution in [0.25, 0.3) is 22.4 Å². The van der Waals surface area contributed by atoms with Gasteiger partial charge in [0.05, 0.1) is 12.8 Å². The highest BCUT2D eigenvalue weighted by molar-refractivity contribution is 5.77. The molecule has 30 heavy (non-hydrogen) atoms. The van der Waals surface area contributed by atoms with E-state index in [1.807, 2.05) is 12.3 Å². The summed E-state index contributed by atoms with van der Waals surface area (Å²) in [5, 5.41) is 15.7. The summed E-state index contributed by atoms with van der Waals surface area (Å²) in [6.07, 6.45) is 9.27. The Balaban J connectivity index is 1.36. The standard InChI is InChI=1S/C20H15FN8O/c21-16-1-2-17-13(4-6-30-17)15(16)9-24-20-23-8-14(19-27-25-11-28(19)20)12-7-22-18-3-5-26-29(18)10-12/h1-3,5,7-8,10-11H,4,6,9H2,(H,23,24). The summed E-state index contributed by atoms with van der Waals surface area (Å²) in [5.74, 6) is 0.997. The molecule has 1 aliphatic heterocycles. The number of nitrogens with one attached hydrogen (secondary N) is 1. The van der Waals surface area contributed by atoms with E-state index in [0.717, 1.165) is 28.1 Å². The van der Waals surface area contributed by atoms with Crippen molar-refractivity contribution in [1.29, 1.82) is 0 Å². The third-order valence-electron chi connectivity index (χ3n) is 5.25. The second-order valence-corrected chi connectivity index (χ2v) is 6.95. The van der Waals surface area contributed by atoms with Crippen LogP contribution in [0.2, 0.25) is 0 Å². The summed E-state index contributed by atoms with van der Waals surface area (Å²) in [6, 6.07) is 4.94. The fraction of sp³-hybridized carbons (Fsp3) is 0.150. The van der Waals surface area contributed by atoms with E-state index in [-0.39, 0.29) is 12.4 Å². The van der Waals surface area contributed by atoms with E-state index in [9.17, 15) is 4.39 Å². The predicted molar refractivity (Wildman–Crippen MR) is 106 cm³/mol. The summed E-state index contributed by atoms with van der Waals surface area (Å²) in [7, 11) is 0. The van der Waals surface area contributed by atoms with E-state index in [0.29, 0.717) is 30.2 Å². The molecule has 0 atom stereocenters. The highest BCUT2D eigenvalue weighted by Gasteiger charge is 2.20. The van der Waals surface area contributed by atoms with Crippen LogP contribution in [0.5, 0.6) is 5.75 Å². The van der Waals surface area contributed by atoms with Crippen LogP contribution in [-0.2, 0) is 13.0 Å². The lowest BCUT2D eigenvalue weighted by atomic mass is 10.0. The van der Waals surface area contributed by atoms with E-state index in [1.54, 1.807) is 39.9 Å². The number of ether oxygens (including phenoxy) is 1. The monoisotopic (exact) mass is 402 g/mol. The molecule has 6 rings (SSSR count). The SMILES string of the molecule is Fc1ccc2c(c1CNc1ncc(-c3cnc4ccnn4c3)c3nncn13)CCO2. The molecule has 0 fully saturated rings. The molecule has 1 aromatic carbocycles. The molecule has 9 nitrogen and oxygen atoms in total. The first-order chi connectivity index (χ1) is 14.8. The minimum absolute atomic E-state index is 0.262. The summed E-state index contributed by atoms with van der Waals surface area (Å²) in [4.78, 5) is 8.92. The lowest BCUT2D eigenvalue weighted by Crippen LogP contribution is -2.09. The Kier molecular flexibility index (Phi) is 3.63. The number of hydrogen-bond donors (Lipinski definition) is 1. The van der Waals surface area contributed by atoms with E-state index < -0.39 is 0 Å². The van der Waals surface area contributed by atoms with Crippen molar-refractivity contribution in [3.63, 3.8) is 0 Å². The van der Waals surface area contributed by atoms with E-state index in [2.05, 4.69) is 30.6 Å². The maximum atomic E-state index is 14.4. The van der Waals surface area contributed by atoms with Gasteiger partial charge >= 0.3 is 0 Å². The molecule has 4 aromatic heterocycles. The molecule has 0 amide bonds. The first kappa shape index (κ1) is 16.8. The summed E-state index contributed by atoms with van der Waals surface area (Å²) in [6.45, 7) is 0.849. The van der Waals surface area contributed by atoms with Crippen LogP contribution in [0.3, 0.4) is 0 Å². The topological polar surface area (TPSA) is 94.5 Å². The van der Waals surface area contributed by atoms with Crippen LogP contribution in [-0.4, -0.2) is 40.8 Å². The average Bonchev–Trinajstić information content (AvgIpc) is 3.52. The van der Waals surface area contributed by atoms with Gasteiger partial charge in [0.25, 0.3) is 0 Å². The van der Waals surface area contributed by atoms with Crippen molar-refractivity contribution in [2.45, 2.75) is 13.0 Å². The third kappa shape index (κ3) is 2.57. The summed E-state index contributed by atoms with van der Waals surface area (Å²) in [5.41, 5.74) is 4.44. The second-order valence-electron chi connectivity index (χ2n) is 6.95. The Morgan fingerprint density at radius 1 is 1.17 bits per heavy atom. The minimum Gasteiger partial charge on any atom is -0.493 e. The maximum absolute atomic E-state index is 14.4. The smallest absolute Gasteiger partial charge is 0.210 e. The van der Waals surface area contributed by atoms with E-state index in [4.69, 9.17) is 4.74 Å². The molecule has 0 saturated heterocycles. The van der Waals surface area contributed by atoms with Gasteiger partial charge in [-0.1, -0.05) is 0 Å². The van der Waals surface area contributed by atoms with Gasteiger partial charge < -0.3 is 10.1 Å². The van der Waals surface area contributed by atoms with Gasteiger partial charge in [-0.2, -0.15) is 5.10 Å². The normalized spacial score (nSPS) is 13.0. The van der Waals surface area contributed by atoms with Crippen LogP contribution in [0.4, 0.5) is 10.3 Å². The first-order valence-corrected chi connectivity index (χ1v) is 9.43. The third-order valence-corrected chi connectivity index (χ3v) is 5.25. The lowest BCUT2D eigenvalue weighted by Gasteiger charge is -2.12. The molecule has 0 radical (unpaired) electrons. The highest BCUT2D eigenvalue weighted by Crippen LogP contribution is 2.31. The average molecular weight is 402 g/mol. The van der Waals surface area contributed by atoms with E-state index >= 15 is 0 Å². The number of aromatic nitrogens is 7. The van der Waals surface area contributed by atoms with Gasteiger partial charge in [-0.05, 0) is 12.1 Å². The Hall–Kier alpha value is -4.08. The molecular weight excluding hydrogens is 387 g/mol. The minimum atomic E-state index is -0.262. The van der Waals surface area contributed by atoms with Gasteiger partial charge in [-0.15, -0.1) is 10.2 Å². The molecule has 5 heterocycles. The molecule has 5 aromatic rings. The molecule has 0 spiro atoms. The largest absolute Gasteiger partial charge is 0.493 e. The Morgan fingerprint density at radius 2 is 2.13 bits per heavy atom. The Labute approximate surface area is 169 Å². The van der Waals surface area contributed by atoms with Crippen molar-refractivity contribution in [3.05, 3.63) is 66.3 Å². The molecule has 0 bridgehead atoms. The fourth-order valence-electron chi connectivity index (χ4n) is 3.78. The van der Waals surface area contributed by atoms with Crippen LogP contribution in [0.1, 0.15) is 11.1 Å². The van der Waals surface area contributed by atoms with Crippen molar-refractivity contribution >= 4 is 17.2 Å². The van der Waals surface area contributed by atoms with Gasteiger partial charge in [0, 0.05) is 59.9 Å². The molecule has 0 aliphatic carbocycles. The van der Waals surface area contributed by atoms with Crippen molar-refractivity contribution in [1.82, 2.24) is 34.2 Å². The van der Waals surface area contributed by atoms with E-state index in [1.165, 1.54) is 6.07 Å². The van der Waals surface area contributed by atoms with Gasteiger partial charge in [0.15, 0.2) is 11.3 Å². The summed E-state index contributed by atoms with van der Waals surface area (Å²) >= 11 is 0. The fourth-order valence-corrected chi connectivity index (χ4v) is 3.78. The zero-order chi connectivity index (χ0) is 20.1. The van der Waals surface area contributed by atoms with Gasteiger partial charge in [-0.25, -0.2) is 18.9 Å². The van der Waals surface area contributed by atoms with Crippen LogP contribution in [0, 0.1) is 5.82 Å². The number of halogens is 1. The van der Waals surface area contributed by atoms with Gasteiger partial charge in [0.1, 0.15) is 17.9 Å². The number of fused-ring (bicyclic) bond motifs is 3. The number of anilines is 1. The molecule has 0 unspecified atom stereocenters. The quantitative estimate of drug-likeness (QED) is 0.494. The molecule has 148 valence electrons. The zero-order valence-corrected chi connectivity index (χ0v) is 15.7. The van der Waals surface area contributed by atoms with Crippen molar-refractivity contribution in [2.24, 2.45) is 0 Å². The summed E-state index contributed by atoms with van der Waals surface area (Å²) < 4.78 is 23.4. The van der Waals surface area contributed by atoms with Crippen LogP contribution in [0.15, 0.2) is 49.3 Å². The number of benzene rings is 1. The molecular formula is C20H15FN8O. The number of rotatable bonds is 4. The Bertz CT molecular complexity index is 1410. The Morgan fingerprint density at radius 3 is 3.10 bits per heavy atom. The predicted octanol–water partition coefficient (Wildman–Crippen LogP) is 2.52. The molecule has 0 saturated carbocycles. The number of nitrogens with zero attached hydrogens (tertiary/aromatic N) is 7. The van der Waals surface area contributed by atoms with Crippen molar-refractivity contribution in [2.75, 3.05) is 11.9 Å². The second kappa shape index (κ2) is 6.48. The maximum Gasteiger partial charge on any atom is 0.210 e. The highest BCUT2D eigenvalue weighted by atomic mass is 19.1. The van der Waals surface area contributed by atoms with Crippen LogP contribution < -0.4 is 10.1 Å². The molecule has 1 N–H and O–H groups in total. The number of hydrogen-bond acceptors (Lipinski definition) is 7.